The molecule has 3 aliphatic rings. The summed E-state index contributed by atoms with van der Waals surface area (Å²) >= 11 is 9.24. The van der Waals surface area contributed by atoms with Crippen LogP contribution in [0.25, 0.3) is 10.4 Å². The number of carbonyl (C=O) groups is 4. The minimum Gasteiger partial charge on any atom is -0.495 e. The Balaban J connectivity index is 0.867. The number of aliphatic hydroxyl groups excluding tert-OH is 1. The Bertz CT molecular complexity index is 2450. The Hall–Kier alpha value is -5.08. The van der Waals surface area contributed by atoms with Crippen molar-refractivity contribution in [2.75, 3.05) is 56.7 Å². The number of carbonyl (C=O) groups excluding carboxylic acids is 4. The van der Waals surface area contributed by atoms with Crippen LogP contribution in [0.2, 0.25) is 5.02 Å². The highest BCUT2D eigenvalue weighted by Gasteiger charge is 2.54. The van der Waals surface area contributed by atoms with Gasteiger partial charge in [-0.3, -0.25) is 19.2 Å². The van der Waals surface area contributed by atoms with Crippen LogP contribution in [0, 0.1) is 18.8 Å². The number of alkyl halides is 1. The molecule has 1 saturated heterocycles. The predicted octanol–water partition coefficient (Wildman–Crippen LogP) is 6.82. The summed E-state index contributed by atoms with van der Waals surface area (Å²) in [6, 6.07) is 10.5. The maximum Gasteiger partial charge on any atom is 0.258 e. The zero-order valence-corrected chi connectivity index (χ0v) is 42.4. The summed E-state index contributed by atoms with van der Waals surface area (Å²) < 4.78 is 19.8. The third-order valence-corrected chi connectivity index (χ3v) is 16.2. The number of amides is 4. The number of aryl methyl sites for hydroxylation is 1. The van der Waals surface area contributed by atoms with Crippen LogP contribution in [0.5, 0.6) is 5.75 Å². The Morgan fingerprint density at radius 3 is 2.43 bits per heavy atom. The lowest BCUT2D eigenvalue weighted by Gasteiger charge is -2.39. The fourth-order valence-electron chi connectivity index (χ4n) is 8.85. The number of nitrogens with one attached hydrogen (secondary N) is 6. The minimum absolute atomic E-state index is 0.0479. The molecule has 0 spiro atoms. The molecule has 7 N–H and O–H groups in total. The van der Waals surface area contributed by atoms with Gasteiger partial charge in [0, 0.05) is 43.4 Å². The van der Waals surface area contributed by atoms with E-state index in [0.29, 0.717) is 58.7 Å². The second-order valence-corrected chi connectivity index (χ2v) is 21.8. The molecule has 4 atom stereocenters. The first-order chi connectivity index (χ1) is 33.0. The first-order valence-electron chi connectivity index (χ1n) is 23.6. The number of thiazole rings is 1. The minimum atomic E-state index is -2.01. The van der Waals surface area contributed by atoms with E-state index in [1.165, 1.54) is 18.2 Å². The van der Waals surface area contributed by atoms with Crippen molar-refractivity contribution in [2.45, 2.75) is 107 Å². The Morgan fingerprint density at radius 1 is 1.04 bits per heavy atom. The number of ether oxygens (including phenoxy) is 1. The SMILES string of the molecule is CNc1nc(Nc2ccc(C(=O)NCCNC[C@H]3CC[C@@H](CSC(C)(C)[C@H](NC(=O)C4(F)CC4)C(=O)N4C[C@H](O)CC4C(=O)N[C@@H](C)c4ccc(-c5scnc5C)cc4)CC3)cc2OC)ncc1Cl. The number of β-amino-alcohol motifs (C(OH)–C–C–N with tert-alkyl or cyclic N) is 1. The van der Waals surface area contributed by atoms with Gasteiger partial charge in [0.15, 0.2) is 5.67 Å². The van der Waals surface area contributed by atoms with E-state index in [2.05, 4.69) is 46.9 Å². The summed E-state index contributed by atoms with van der Waals surface area (Å²) in [4.78, 5) is 70.0. The van der Waals surface area contributed by atoms with Crippen LogP contribution in [0.3, 0.4) is 0 Å². The van der Waals surface area contributed by atoms with E-state index in [-0.39, 0.29) is 37.8 Å². The molecule has 2 aliphatic carbocycles. The number of thioether (sulfide) groups is 1. The number of rotatable bonds is 21. The molecule has 2 aromatic carbocycles. The summed E-state index contributed by atoms with van der Waals surface area (Å²) in [6.07, 6.45) is 4.81. The van der Waals surface area contributed by atoms with Crippen LogP contribution in [0.1, 0.15) is 93.4 Å². The third kappa shape index (κ3) is 13.0. The lowest BCUT2D eigenvalue weighted by molar-refractivity contribution is -0.143. The van der Waals surface area contributed by atoms with Crippen molar-refractivity contribution >= 4 is 75.8 Å². The number of nitrogens with zero attached hydrogens (tertiary/aromatic N) is 4. The highest BCUT2D eigenvalue weighted by atomic mass is 35.5. The summed E-state index contributed by atoms with van der Waals surface area (Å²) in [5, 5.41) is 29.5. The molecule has 2 saturated carbocycles. The Morgan fingerprint density at radius 2 is 1.77 bits per heavy atom. The molecular weight excluding hydrogens is 943 g/mol. The quantitative estimate of drug-likeness (QED) is 0.0428. The number of hydrogen-bond donors (Lipinski definition) is 7. The van der Waals surface area contributed by atoms with Crippen LogP contribution >= 0.6 is 34.7 Å². The van der Waals surface area contributed by atoms with Crippen LogP contribution in [-0.4, -0.2) is 123 Å². The van der Waals surface area contributed by atoms with Crippen LogP contribution < -0.4 is 36.6 Å². The number of hydrogen-bond acceptors (Lipinski definition) is 14. The standard InChI is InChI=1S/C49H64ClFN10O6S2/c1-28(32-11-13-33(14-12-32)40-29(2)56-27-68-40)57-44(64)38-22-35(62)25-61(38)45(65)41(59-46(66)49(51)17-18-49)48(3,4)69-26-31-9-7-30(8-10-31)23-53-19-20-54-43(63)34-15-16-37(39(21-34)67-6)58-47-55-24-36(50)42(52-5)60-47/h11-16,21,24,27-28,30-31,35,38,41,53,62H,7-10,17-20,22-23,25-26H2,1-6H3,(H,54,63)(H,57,64)(H,59,66)(H2,52,55,58,60)/t28-,30-,31+,35+,38?,41+/m0/s1. The molecule has 0 radical (unpaired) electrons. The molecule has 4 aromatic rings. The maximum absolute atomic E-state index is 15.2. The van der Waals surface area contributed by atoms with Crippen molar-refractivity contribution in [1.82, 2.24) is 41.1 Å². The number of likely N-dealkylation sites (tertiary alicyclic amines) is 1. The fourth-order valence-corrected chi connectivity index (χ4v) is 11.2. The van der Waals surface area contributed by atoms with Crippen molar-refractivity contribution in [3.63, 3.8) is 0 Å². The lowest BCUT2D eigenvalue weighted by atomic mass is 9.83. The van der Waals surface area contributed by atoms with E-state index in [4.69, 9.17) is 16.3 Å². The normalized spacial score (nSPS) is 20.6. The third-order valence-electron chi connectivity index (χ3n) is 13.3. The summed E-state index contributed by atoms with van der Waals surface area (Å²) in [7, 11) is 3.24. The molecule has 7 rings (SSSR count). The molecule has 0 bridgehead atoms. The molecule has 3 fully saturated rings. The van der Waals surface area contributed by atoms with Gasteiger partial charge < -0.3 is 46.6 Å². The van der Waals surface area contributed by atoms with Crippen LogP contribution in [-0.2, 0) is 14.4 Å². The molecular formula is C49H64ClFN10O6S2. The van der Waals surface area contributed by atoms with Crippen LogP contribution in [0.4, 0.5) is 21.8 Å². The van der Waals surface area contributed by atoms with Crippen molar-refractivity contribution < 1.29 is 33.4 Å². The van der Waals surface area contributed by atoms with E-state index in [1.807, 2.05) is 57.5 Å². The van der Waals surface area contributed by atoms with E-state index in [0.717, 1.165) is 59.7 Å². The predicted molar refractivity (Wildman–Crippen MR) is 270 cm³/mol. The number of anilines is 3. The van der Waals surface area contributed by atoms with Crippen molar-refractivity contribution in [1.29, 1.82) is 0 Å². The molecule has 69 heavy (non-hydrogen) atoms. The van der Waals surface area contributed by atoms with E-state index >= 15 is 4.39 Å². The van der Waals surface area contributed by atoms with Gasteiger partial charge in [0.1, 0.15) is 28.7 Å². The average Bonchev–Trinajstić information content (AvgIpc) is 3.75. The number of halogens is 2. The monoisotopic (exact) mass is 1010 g/mol. The van der Waals surface area contributed by atoms with Gasteiger partial charge in [-0.15, -0.1) is 11.3 Å². The average molecular weight is 1010 g/mol. The first kappa shape index (κ1) is 51.8. The summed E-state index contributed by atoms with van der Waals surface area (Å²) in [6.45, 7) is 9.39. The number of methoxy groups -OCH3 is 1. The maximum atomic E-state index is 15.2. The molecule has 16 nitrogen and oxygen atoms in total. The van der Waals surface area contributed by atoms with Crippen LogP contribution in [0.15, 0.2) is 54.2 Å². The van der Waals surface area contributed by atoms with Crippen molar-refractivity contribution in [3.05, 3.63) is 76.0 Å². The molecule has 372 valence electrons. The second kappa shape index (κ2) is 22.8. The topological polar surface area (TPSA) is 212 Å². The number of benzene rings is 2. The largest absolute Gasteiger partial charge is 0.495 e. The highest BCUT2D eigenvalue weighted by Crippen LogP contribution is 2.42. The summed E-state index contributed by atoms with van der Waals surface area (Å²) in [5.74, 6) is 0.881. The molecule has 20 heteroatoms. The highest BCUT2D eigenvalue weighted by molar-refractivity contribution is 8.00. The molecule has 2 aromatic heterocycles. The van der Waals surface area contributed by atoms with Gasteiger partial charge >= 0.3 is 0 Å². The molecule has 3 heterocycles. The molecule has 1 aliphatic heterocycles. The van der Waals surface area contributed by atoms with Crippen molar-refractivity contribution in [2.24, 2.45) is 11.8 Å². The van der Waals surface area contributed by atoms with E-state index in [9.17, 15) is 24.3 Å². The van der Waals surface area contributed by atoms with Gasteiger partial charge in [0.25, 0.3) is 11.8 Å². The second-order valence-electron chi connectivity index (χ2n) is 18.8. The number of aliphatic hydroxyl groups is 1. The Kier molecular flexibility index (Phi) is 17.1. The van der Waals surface area contributed by atoms with Gasteiger partial charge in [0.05, 0.1) is 47.2 Å². The summed E-state index contributed by atoms with van der Waals surface area (Å²) in [5.41, 5.74) is 3.71. The van der Waals surface area contributed by atoms with Gasteiger partial charge in [-0.1, -0.05) is 35.9 Å². The number of aromatic nitrogens is 3. The fraction of sp³-hybridized carbons (Fsp3) is 0.531. The lowest BCUT2D eigenvalue weighted by Crippen LogP contribution is -2.61. The van der Waals surface area contributed by atoms with Gasteiger partial charge in [-0.05, 0) is 120 Å². The van der Waals surface area contributed by atoms with E-state index < -0.39 is 46.3 Å². The van der Waals surface area contributed by atoms with E-state index in [1.54, 1.807) is 48.3 Å². The van der Waals surface area contributed by atoms with Crippen molar-refractivity contribution in [3.8, 4) is 16.2 Å². The molecule has 4 amide bonds. The smallest absolute Gasteiger partial charge is 0.258 e. The zero-order chi connectivity index (χ0) is 49.5. The first-order valence-corrected chi connectivity index (χ1v) is 25.8. The zero-order valence-electron chi connectivity index (χ0n) is 40.0. The Labute approximate surface area is 416 Å². The van der Waals surface area contributed by atoms with Gasteiger partial charge in [-0.2, -0.15) is 16.7 Å². The van der Waals surface area contributed by atoms with Gasteiger partial charge in [-0.25, -0.2) is 14.4 Å². The van der Waals surface area contributed by atoms with Gasteiger partial charge in [0.2, 0.25) is 17.8 Å². The molecule has 1 unspecified atom stereocenters.